The molecule has 0 fully saturated rings. The van der Waals surface area contributed by atoms with Gasteiger partial charge in [-0.1, -0.05) is 35.9 Å². The Hall–Kier alpha value is -1.54. The van der Waals surface area contributed by atoms with E-state index in [-0.39, 0.29) is 22.2 Å². The molecule has 1 amide bonds. The van der Waals surface area contributed by atoms with E-state index in [0.29, 0.717) is 5.02 Å². The van der Waals surface area contributed by atoms with E-state index in [9.17, 15) is 13.2 Å². The van der Waals surface area contributed by atoms with Crippen molar-refractivity contribution in [3.8, 4) is 0 Å². The van der Waals surface area contributed by atoms with Crippen molar-refractivity contribution in [1.29, 1.82) is 0 Å². The van der Waals surface area contributed by atoms with Crippen molar-refractivity contribution in [3.05, 3.63) is 58.6 Å². The Balaban J connectivity index is 2.01. The fourth-order valence-electron chi connectivity index (χ4n) is 2.18. The lowest BCUT2D eigenvalue weighted by Crippen LogP contribution is -2.22. The summed E-state index contributed by atoms with van der Waals surface area (Å²) in [7, 11) is -0.694. The minimum atomic E-state index is -3.59. The number of aryl methyl sites for hydroxylation is 1. The molecule has 5 nitrogen and oxygen atoms in total. The number of carbonyl (C=O) groups excluding carboxylic acids is 1. The maximum atomic E-state index is 12.2. The summed E-state index contributed by atoms with van der Waals surface area (Å²) in [6.07, 6.45) is 0. The molecule has 0 atom stereocenters. The minimum Gasteiger partial charge on any atom is -0.324 e. The number of thioether (sulfide) groups is 1. The average molecular weight is 413 g/mol. The summed E-state index contributed by atoms with van der Waals surface area (Å²) in [5.41, 5.74) is 2.66. The fraction of sp³-hybridized carbons (Fsp3) is 0.278. The van der Waals surface area contributed by atoms with Gasteiger partial charge in [0.2, 0.25) is 15.9 Å². The van der Waals surface area contributed by atoms with Crippen molar-refractivity contribution in [2.24, 2.45) is 0 Å². The first-order valence-corrected chi connectivity index (χ1v) is 10.8. The van der Waals surface area contributed by atoms with Gasteiger partial charge in [-0.25, -0.2) is 12.7 Å². The zero-order chi connectivity index (χ0) is 19.3. The predicted octanol–water partition coefficient (Wildman–Crippen LogP) is 3.77. The van der Waals surface area contributed by atoms with Crippen LogP contribution in [0.5, 0.6) is 0 Å². The molecule has 0 saturated carbocycles. The number of halogens is 1. The van der Waals surface area contributed by atoms with Gasteiger partial charge in [-0.2, -0.15) is 0 Å². The molecule has 8 heteroatoms. The summed E-state index contributed by atoms with van der Waals surface area (Å²) in [5, 5.41) is 2.98. The first-order valence-electron chi connectivity index (χ1n) is 7.86. The van der Waals surface area contributed by atoms with Gasteiger partial charge in [-0.3, -0.25) is 4.79 Å². The van der Waals surface area contributed by atoms with Crippen LogP contribution in [0.2, 0.25) is 5.02 Å². The maximum Gasteiger partial charge on any atom is 0.242 e. The van der Waals surface area contributed by atoms with Gasteiger partial charge in [0.15, 0.2) is 0 Å². The van der Waals surface area contributed by atoms with Crippen LogP contribution in [0.15, 0.2) is 47.4 Å². The van der Waals surface area contributed by atoms with Gasteiger partial charge in [0.25, 0.3) is 0 Å². The Labute approximate surface area is 163 Å². The largest absolute Gasteiger partial charge is 0.324 e. The summed E-state index contributed by atoms with van der Waals surface area (Å²) in [6, 6.07) is 12.3. The average Bonchev–Trinajstić information content (AvgIpc) is 2.58. The second kappa shape index (κ2) is 8.90. The maximum absolute atomic E-state index is 12.2. The summed E-state index contributed by atoms with van der Waals surface area (Å²) in [6.45, 7) is 2.03. The van der Waals surface area contributed by atoms with E-state index < -0.39 is 10.0 Å². The SMILES string of the molecule is Cc1ccccc1CSCC(=O)Nc1cc(S(=O)(=O)N(C)C)ccc1Cl. The second-order valence-electron chi connectivity index (χ2n) is 5.90. The normalized spacial score (nSPS) is 11.6. The van der Waals surface area contributed by atoms with Crippen molar-refractivity contribution in [2.45, 2.75) is 17.6 Å². The lowest BCUT2D eigenvalue weighted by Gasteiger charge is -2.14. The Morgan fingerprint density at radius 3 is 2.54 bits per heavy atom. The quantitative estimate of drug-likeness (QED) is 0.751. The van der Waals surface area contributed by atoms with Gasteiger partial charge in [0, 0.05) is 19.8 Å². The molecular formula is C18H21ClN2O3S2. The lowest BCUT2D eigenvalue weighted by molar-refractivity contribution is -0.113. The van der Waals surface area contributed by atoms with Gasteiger partial charge in [-0.15, -0.1) is 11.8 Å². The van der Waals surface area contributed by atoms with E-state index in [1.54, 1.807) is 0 Å². The standard InChI is InChI=1S/C18H21ClN2O3S2/c1-13-6-4-5-7-14(13)11-25-12-18(22)20-17-10-15(8-9-16(17)19)26(23,24)21(2)3/h4-10H,11-12H2,1-3H3,(H,20,22). The van der Waals surface area contributed by atoms with Gasteiger partial charge in [0.05, 0.1) is 21.4 Å². The van der Waals surface area contributed by atoms with E-state index in [1.807, 2.05) is 31.2 Å². The second-order valence-corrected chi connectivity index (χ2v) is 9.44. The number of rotatable bonds is 7. The Morgan fingerprint density at radius 2 is 1.88 bits per heavy atom. The summed E-state index contributed by atoms with van der Waals surface area (Å²) in [5.74, 6) is 0.739. The number of nitrogens with one attached hydrogen (secondary N) is 1. The lowest BCUT2D eigenvalue weighted by atomic mass is 10.1. The van der Waals surface area contributed by atoms with Crippen LogP contribution in [0.25, 0.3) is 0 Å². The van der Waals surface area contributed by atoms with Crippen LogP contribution in [0, 0.1) is 6.92 Å². The van der Waals surface area contributed by atoms with Gasteiger partial charge >= 0.3 is 0 Å². The van der Waals surface area contributed by atoms with Crippen LogP contribution in [0.3, 0.4) is 0 Å². The Kier molecular flexibility index (Phi) is 7.11. The van der Waals surface area contributed by atoms with Crippen molar-refractivity contribution >= 4 is 45.0 Å². The van der Waals surface area contributed by atoms with Crippen molar-refractivity contribution in [3.63, 3.8) is 0 Å². The molecule has 0 heterocycles. The van der Waals surface area contributed by atoms with Gasteiger partial charge in [-0.05, 0) is 36.2 Å². The van der Waals surface area contributed by atoms with Gasteiger partial charge < -0.3 is 5.32 Å². The Morgan fingerprint density at radius 1 is 1.19 bits per heavy atom. The van der Waals surface area contributed by atoms with Crippen LogP contribution < -0.4 is 5.32 Å². The van der Waals surface area contributed by atoms with Crippen LogP contribution >= 0.6 is 23.4 Å². The van der Waals surface area contributed by atoms with E-state index in [4.69, 9.17) is 11.6 Å². The third-order valence-corrected chi connectivity index (χ3v) is 6.86. The van der Waals surface area contributed by atoms with Crippen LogP contribution in [0.1, 0.15) is 11.1 Å². The van der Waals surface area contributed by atoms with E-state index in [0.717, 1.165) is 10.1 Å². The topological polar surface area (TPSA) is 66.5 Å². The number of amides is 1. The molecule has 0 aliphatic carbocycles. The molecule has 2 aromatic rings. The van der Waals surface area contributed by atoms with Gasteiger partial charge in [0.1, 0.15) is 0 Å². The molecule has 0 aliphatic rings. The number of carbonyl (C=O) groups is 1. The highest BCUT2D eigenvalue weighted by Gasteiger charge is 2.19. The van der Waals surface area contributed by atoms with Crippen molar-refractivity contribution in [1.82, 2.24) is 4.31 Å². The zero-order valence-electron chi connectivity index (χ0n) is 14.8. The number of hydrogen-bond donors (Lipinski definition) is 1. The molecule has 26 heavy (non-hydrogen) atoms. The number of hydrogen-bond acceptors (Lipinski definition) is 4. The molecule has 0 unspecified atom stereocenters. The molecular weight excluding hydrogens is 392 g/mol. The third kappa shape index (κ3) is 5.23. The monoisotopic (exact) mass is 412 g/mol. The van der Waals surface area contributed by atoms with Crippen LogP contribution in [-0.4, -0.2) is 38.5 Å². The zero-order valence-corrected chi connectivity index (χ0v) is 17.2. The number of anilines is 1. The number of sulfonamides is 1. The van der Waals surface area contributed by atoms with E-state index in [2.05, 4.69) is 5.32 Å². The molecule has 0 spiro atoms. The molecule has 0 saturated heterocycles. The smallest absolute Gasteiger partial charge is 0.242 e. The third-order valence-electron chi connectivity index (χ3n) is 3.74. The van der Waals surface area contributed by atoms with Crippen molar-refractivity contribution < 1.29 is 13.2 Å². The molecule has 140 valence electrons. The first-order chi connectivity index (χ1) is 12.2. The molecule has 0 bridgehead atoms. The molecule has 2 aromatic carbocycles. The highest BCUT2D eigenvalue weighted by molar-refractivity contribution is 7.99. The molecule has 0 aliphatic heterocycles. The van der Waals surface area contributed by atoms with Crippen LogP contribution in [0.4, 0.5) is 5.69 Å². The number of nitrogens with zero attached hydrogens (tertiary/aromatic N) is 1. The van der Waals surface area contributed by atoms with Crippen molar-refractivity contribution in [2.75, 3.05) is 25.2 Å². The molecule has 1 N–H and O–H groups in total. The molecule has 0 aromatic heterocycles. The van der Waals surface area contributed by atoms with E-state index in [1.165, 1.54) is 55.2 Å². The van der Waals surface area contributed by atoms with E-state index >= 15 is 0 Å². The Bertz CT molecular complexity index is 899. The summed E-state index contributed by atoms with van der Waals surface area (Å²) < 4.78 is 25.5. The summed E-state index contributed by atoms with van der Waals surface area (Å²) in [4.78, 5) is 12.3. The highest BCUT2D eigenvalue weighted by Crippen LogP contribution is 2.26. The minimum absolute atomic E-state index is 0.0785. The van der Waals surface area contributed by atoms with Crippen LogP contribution in [-0.2, 0) is 20.6 Å². The first kappa shape index (κ1) is 20.8. The number of benzene rings is 2. The molecule has 0 radical (unpaired) electrons. The highest BCUT2D eigenvalue weighted by atomic mass is 35.5. The molecule has 2 rings (SSSR count). The summed E-state index contributed by atoms with van der Waals surface area (Å²) >= 11 is 7.58. The predicted molar refractivity (Wildman–Crippen MR) is 108 cm³/mol. The fourth-order valence-corrected chi connectivity index (χ4v) is 4.18.